The highest BCUT2D eigenvalue weighted by atomic mass is 16.5. The normalized spacial score (nSPS) is 9.91. The number of nitrogens with one attached hydrogen (secondary N) is 1. The summed E-state index contributed by atoms with van der Waals surface area (Å²) < 4.78 is 5.17. The lowest BCUT2D eigenvalue weighted by molar-refractivity contribution is -0.116. The fourth-order valence-electron chi connectivity index (χ4n) is 2.17. The third-order valence-corrected chi connectivity index (χ3v) is 3.51. The molecule has 2 rings (SSSR count). The second-order valence-electron chi connectivity index (χ2n) is 5.19. The molecule has 1 amide bonds. The van der Waals surface area contributed by atoms with Gasteiger partial charge in [0.15, 0.2) is 6.61 Å². The summed E-state index contributed by atoms with van der Waals surface area (Å²) in [4.78, 5) is 12.0. The molecule has 4 heteroatoms. The second kappa shape index (κ2) is 8.60. The van der Waals surface area contributed by atoms with Crippen LogP contribution in [-0.2, 0) is 17.6 Å². The first kappa shape index (κ1) is 16.6. The Balaban J connectivity index is 1.80. The molecule has 0 fully saturated rings. The van der Waals surface area contributed by atoms with Gasteiger partial charge in [0.1, 0.15) is 11.8 Å². The van der Waals surface area contributed by atoms with Gasteiger partial charge in [-0.05, 0) is 48.2 Å². The zero-order valence-corrected chi connectivity index (χ0v) is 13.2. The summed E-state index contributed by atoms with van der Waals surface area (Å²) in [6.45, 7) is 2.14. The van der Waals surface area contributed by atoms with Crippen LogP contribution in [0.2, 0.25) is 0 Å². The number of carbonyl (C=O) groups excluding carboxylic acids is 1. The molecule has 0 aliphatic carbocycles. The summed E-state index contributed by atoms with van der Waals surface area (Å²) in [5.41, 5.74) is 3.19. The maximum absolute atomic E-state index is 12.0. The number of ether oxygens (including phenoxy) is 1. The van der Waals surface area contributed by atoms with Crippen molar-refractivity contribution < 1.29 is 9.53 Å². The Labute approximate surface area is 136 Å². The van der Waals surface area contributed by atoms with Crippen molar-refractivity contribution in [3.8, 4) is 11.8 Å². The number of nitriles is 1. The van der Waals surface area contributed by atoms with E-state index in [9.17, 15) is 4.79 Å². The number of rotatable bonds is 7. The van der Waals surface area contributed by atoms with Crippen molar-refractivity contribution in [3.05, 3.63) is 59.7 Å². The van der Waals surface area contributed by atoms with Crippen LogP contribution in [0.4, 0.5) is 5.69 Å². The van der Waals surface area contributed by atoms with Gasteiger partial charge in [-0.1, -0.05) is 31.2 Å². The minimum atomic E-state index is -0.0183. The number of carbonyl (C=O) groups is 1. The van der Waals surface area contributed by atoms with E-state index in [1.165, 1.54) is 5.56 Å². The number of hydrogen-bond donors (Lipinski definition) is 1. The van der Waals surface area contributed by atoms with E-state index >= 15 is 0 Å². The summed E-state index contributed by atoms with van der Waals surface area (Å²) in [6.07, 6.45) is 2.19. The van der Waals surface area contributed by atoms with Gasteiger partial charge < -0.3 is 10.1 Å². The molecule has 0 aliphatic rings. The van der Waals surface area contributed by atoms with E-state index in [4.69, 9.17) is 10.00 Å². The fourth-order valence-corrected chi connectivity index (χ4v) is 2.17. The molecule has 0 aromatic heterocycles. The van der Waals surface area contributed by atoms with Gasteiger partial charge in [0.05, 0.1) is 0 Å². The van der Waals surface area contributed by atoms with Crippen molar-refractivity contribution in [2.24, 2.45) is 0 Å². The molecule has 0 atom stereocenters. The average molecular weight is 308 g/mol. The highest BCUT2D eigenvalue weighted by Crippen LogP contribution is 2.16. The summed E-state index contributed by atoms with van der Waals surface area (Å²) in [5.74, 6) is 0.593. The molecule has 118 valence electrons. The molecule has 0 saturated heterocycles. The summed E-state index contributed by atoms with van der Waals surface area (Å²) >= 11 is 0. The lowest BCUT2D eigenvalue weighted by Crippen LogP contribution is -2.12. The molecule has 4 nitrogen and oxygen atoms in total. The van der Waals surface area contributed by atoms with Crippen LogP contribution >= 0.6 is 0 Å². The predicted octanol–water partition coefficient (Wildman–Crippen LogP) is 3.72. The molecular formula is C19H20N2O2. The number of nitrogens with zero attached hydrogens (tertiary/aromatic N) is 1. The summed E-state index contributed by atoms with van der Waals surface area (Å²) in [5, 5.41) is 11.3. The van der Waals surface area contributed by atoms with E-state index in [0.717, 1.165) is 24.1 Å². The van der Waals surface area contributed by atoms with Gasteiger partial charge in [-0.3, -0.25) is 4.79 Å². The monoisotopic (exact) mass is 308 g/mol. The highest BCUT2D eigenvalue weighted by molar-refractivity contribution is 5.90. The highest BCUT2D eigenvalue weighted by Gasteiger charge is 2.04. The summed E-state index contributed by atoms with van der Waals surface area (Å²) in [7, 11) is 0. The first-order valence-electron chi connectivity index (χ1n) is 7.68. The first-order chi connectivity index (χ1) is 11.2. The molecule has 0 spiro atoms. The van der Waals surface area contributed by atoms with Crippen molar-refractivity contribution in [2.45, 2.75) is 26.2 Å². The van der Waals surface area contributed by atoms with Gasteiger partial charge in [0.25, 0.3) is 0 Å². The van der Waals surface area contributed by atoms with Gasteiger partial charge in [-0.25, -0.2) is 0 Å². The van der Waals surface area contributed by atoms with Gasteiger partial charge in [0.2, 0.25) is 5.91 Å². The zero-order chi connectivity index (χ0) is 16.5. The van der Waals surface area contributed by atoms with E-state index in [-0.39, 0.29) is 12.5 Å². The Hall–Kier alpha value is -2.80. The van der Waals surface area contributed by atoms with Crippen molar-refractivity contribution in [1.29, 1.82) is 5.26 Å². The maximum Gasteiger partial charge on any atom is 0.224 e. The van der Waals surface area contributed by atoms with Crippen molar-refractivity contribution in [3.63, 3.8) is 0 Å². The Morgan fingerprint density at radius 2 is 1.74 bits per heavy atom. The largest absolute Gasteiger partial charge is 0.479 e. The van der Waals surface area contributed by atoms with Crippen LogP contribution in [0.25, 0.3) is 0 Å². The minimum Gasteiger partial charge on any atom is -0.479 e. The molecule has 0 saturated carbocycles. The number of anilines is 1. The summed E-state index contributed by atoms with van der Waals surface area (Å²) in [6, 6.07) is 17.3. The quantitative estimate of drug-likeness (QED) is 0.848. The first-order valence-corrected chi connectivity index (χ1v) is 7.68. The topological polar surface area (TPSA) is 62.1 Å². The van der Waals surface area contributed by atoms with Crippen LogP contribution in [-0.4, -0.2) is 12.5 Å². The van der Waals surface area contributed by atoms with Crippen molar-refractivity contribution in [2.75, 3.05) is 11.9 Å². The average Bonchev–Trinajstić information content (AvgIpc) is 2.60. The molecule has 1 N–H and O–H groups in total. The van der Waals surface area contributed by atoms with Crippen LogP contribution in [0.15, 0.2) is 48.5 Å². The molecule has 0 unspecified atom stereocenters. The molecule has 0 bridgehead atoms. The van der Waals surface area contributed by atoms with Crippen LogP contribution < -0.4 is 10.1 Å². The molecular weight excluding hydrogens is 288 g/mol. The number of benzene rings is 2. The van der Waals surface area contributed by atoms with E-state index in [1.54, 1.807) is 24.3 Å². The maximum atomic E-state index is 12.0. The Bertz CT molecular complexity index is 670. The molecule has 0 heterocycles. The van der Waals surface area contributed by atoms with E-state index in [0.29, 0.717) is 12.2 Å². The Morgan fingerprint density at radius 3 is 2.35 bits per heavy atom. The molecule has 0 aliphatic heterocycles. The number of aryl methyl sites for hydroxylation is 2. The Morgan fingerprint density at radius 1 is 1.09 bits per heavy atom. The number of amides is 1. The Kier molecular flexibility index (Phi) is 6.19. The molecule has 0 radical (unpaired) electrons. The molecule has 2 aromatic carbocycles. The van der Waals surface area contributed by atoms with Gasteiger partial charge in [-0.2, -0.15) is 5.26 Å². The van der Waals surface area contributed by atoms with E-state index in [2.05, 4.69) is 36.5 Å². The lowest BCUT2D eigenvalue weighted by atomic mass is 10.1. The third-order valence-electron chi connectivity index (χ3n) is 3.51. The lowest BCUT2D eigenvalue weighted by Gasteiger charge is -2.07. The van der Waals surface area contributed by atoms with Crippen LogP contribution in [0.1, 0.15) is 24.5 Å². The standard InChI is InChI=1S/C19H20N2O2/c1-2-15-3-5-16(6-4-15)7-12-19(22)21-17-8-10-18(11-9-17)23-14-13-20/h3-6,8-11H,2,7,12,14H2,1H3,(H,21,22). The van der Waals surface area contributed by atoms with Crippen LogP contribution in [0.5, 0.6) is 5.75 Å². The minimum absolute atomic E-state index is 0.0164. The zero-order valence-electron chi connectivity index (χ0n) is 13.2. The van der Waals surface area contributed by atoms with Crippen molar-refractivity contribution in [1.82, 2.24) is 0 Å². The molecule has 23 heavy (non-hydrogen) atoms. The number of hydrogen-bond acceptors (Lipinski definition) is 3. The van der Waals surface area contributed by atoms with Gasteiger partial charge in [-0.15, -0.1) is 0 Å². The van der Waals surface area contributed by atoms with Crippen LogP contribution in [0.3, 0.4) is 0 Å². The van der Waals surface area contributed by atoms with Crippen molar-refractivity contribution >= 4 is 11.6 Å². The van der Waals surface area contributed by atoms with Crippen LogP contribution in [0, 0.1) is 11.3 Å². The predicted molar refractivity (Wildman–Crippen MR) is 90.3 cm³/mol. The van der Waals surface area contributed by atoms with Gasteiger partial charge >= 0.3 is 0 Å². The SMILES string of the molecule is CCc1ccc(CCC(=O)Nc2ccc(OCC#N)cc2)cc1. The fraction of sp³-hybridized carbons (Fsp3) is 0.263. The smallest absolute Gasteiger partial charge is 0.224 e. The molecule has 2 aromatic rings. The second-order valence-corrected chi connectivity index (χ2v) is 5.19. The third kappa shape index (κ3) is 5.48. The van der Waals surface area contributed by atoms with Gasteiger partial charge in [0, 0.05) is 12.1 Å². The van der Waals surface area contributed by atoms with E-state index in [1.807, 2.05) is 6.07 Å². The van der Waals surface area contributed by atoms with E-state index < -0.39 is 0 Å².